The summed E-state index contributed by atoms with van der Waals surface area (Å²) in [5.41, 5.74) is 0.211. The van der Waals surface area contributed by atoms with Gasteiger partial charge in [-0.05, 0) is 24.1 Å². The molecule has 0 bridgehead atoms. The molecule has 0 aromatic heterocycles. The first-order valence-corrected chi connectivity index (χ1v) is 8.43. The summed E-state index contributed by atoms with van der Waals surface area (Å²) in [5, 5.41) is 2.97. The number of benzene rings is 1. The first-order valence-electron chi connectivity index (χ1n) is 8.43. The van der Waals surface area contributed by atoms with Crippen molar-refractivity contribution in [3.8, 4) is 0 Å². The first-order chi connectivity index (χ1) is 11.9. The van der Waals surface area contributed by atoms with Gasteiger partial charge in [0, 0.05) is 39.3 Å². The molecule has 0 saturated carbocycles. The monoisotopic (exact) mass is 357 g/mol. The smallest absolute Gasteiger partial charge is 0.379 e. The summed E-state index contributed by atoms with van der Waals surface area (Å²) in [7, 11) is 0. The molecule has 5 nitrogen and oxygen atoms in total. The van der Waals surface area contributed by atoms with Gasteiger partial charge in [-0.3, -0.25) is 4.90 Å². The van der Waals surface area contributed by atoms with Crippen molar-refractivity contribution in [3.05, 3.63) is 35.4 Å². The van der Waals surface area contributed by atoms with E-state index in [0.29, 0.717) is 45.9 Å². The molecule has 2 aliphatic heterocycles. The van der Waals surface area contributed by atoms with Gasteiger partial charge in [0.25, 0.3) is 0 Å². The van der Waals surface area contributed by atoms with Crippen LogP contribution in [0.2, 0.25) is 0 Å². The van der Waals surface area contributed by atoms with E-state index >= 15 is 0 Å². The Morgan fingerprint density at radius 2 is 1.84 bits per heavy atom. The number of piperazine rings is 1. The van der Waals surface area contributed by atoms with Crippen LogP contribution < -0.4 is 5.32 Å². The number of hydrogen-bond acceptors (Lipinski definition) is 3. The van der Waals surface area contributed by atoms with Gasteiger partial charge in [0.15, 0.2) is 0 Å². The van der Waals surface area contributed by atoms with Crippen molar-refractivity contribution in [2.24, 2.45) is 0 Å². The Labute approximate surface area is 144 Å². The van der Waals surface area contributed by atoms with Gasteiger partial charge in [0.2, 0.25) is 0 Å². The van der Waals surface area contributed by atoms with E-state index in [9.17, 15) is 18.0 Å². The minimum Gasteiger partial charge on any atom is -0.379 e. The Hall–Kier alpha value is -1.80. The Morgan fingerprint density at radius 1 is 1.16 bits per heavy atom. The van der Waals surface area contributed by atoms with E-state index in [0.717, 1.165) is 24.1 Å². The highest BCUT2D eigenvalue weighted by atomic mass is 19.4. The van der Waals surface area contributed by atoms with Crippen molar-refractivity contribution in [3.63, 3.8) is 0 Å². The largest absolute Gasteiger partial charge is 0.416 e. The predicted molar refractivity (Wildman–Crippen MR) is 86.0 cm³/mol. The second-order valence-corrected chi connectivity index (χ2v) is 6.47. The molecule has 1 aromatic carbocycles. The molecule has 1 aromatic rings. The van der Waals surface area contributed by atoms with E-state index in [1.54, 1.807) is 4.90 Å². The van der Waals surface area contributed by atoms with Crippen LogP contribution in [0.4, 0.5) is 18.0 Å². The molecule has 138 valence electrons. The highest BCUT2D eigenvalue weighted by Crippen LogP contribution is 2.29. The minimum atomic E-state index is -4.30. The number of rotatable bonds is 3. The Morgan fingerprint density at radius 3 is 2.40 bits per heavy atom. The molecule has 8 heteroatoms. The second-order valence-electron chi connectivity index (χ2n) is 6.47. The van der Waals surface area contributed by atoms with Crippen LogP contribution in [0.3, 0.4) is 0 Å². The fourth-order valence-corrected chi connectivity index (χ4v) is 3.08. The van der Waals surface area contributed by atoms with Gasteiger partial charge in [-0.15, -0.1) is 0 Å². The highest BCUT2D eigenvalue weighted by molar-refractivity contribution is 5.74. The molecule has 0 spiro atoms. The zero-order chi connectivity index (χ0) is 17.9. The summed E-state index contributed by atoms with van der Waals surface area (Å²) in [4.78, 5) is 16.1. The molecule has 3 rings (SSSR count). The number of carbonyl (C=O) groups is 1. The van der Waals surface area contributed by atoms with Gasteiger partial charge < -0.3 is 15.0 Å². The van der Waals surface area contributed by atoms with Gasteiger partial charge in [-0.25, -0.2) is 4.79 Å². The number of alkyl halides is 3. The van der Waals surface area contributed by atoms with E-state index < -0.39 is 11.7 Å². The van der Waals surface area contributed by atoms with Crippen molar-refractivity contribution >= 4 is 6.03 Å². The minimum absolute atomic E-state index is 0.0651. The Balaban J connectivity index is 1.45. The molecular weight excluding hydrogens is 335 g/mol. The van der Waals surface area contributed by atoms with E-state index in [4.69, 9.17) is 4.74 Å². The lowest BCUT2D eigenvalue weighted by Crippen LogP contribution is -2.53. The summed E-state index contributed by atoms with van der Waals surface area (Å²) in [6.07, 6.45) is -3.46. The lowest BCUT2D eigenvalue weighted by Gasteiger charge is -2.35. The summed E-state index contributed by atoms with van der Waals surface area (Å²) < 4.78 is 43.0. The number of nitrogens with zero attached hydrogens (tertiary/aromatic N) is 2. The summed E-state index contributed by atoms with van der Waals surface area (Å²) in [6, 6.07) is 5.29. The van der Waals surface area contributed by atoms with Gasteiger partial charge in [0.1, 0.15) is 0 Å². The third-order valence-electron chi connectivity index (χ3n) is 4.60. The van der Waals surface area contributed by atoms with Crippen LogP contribution >= 0.6 is 0 Å². The average Bonchev–Trinajstić information content (AvgIpc) is 3.08. The van der Waals surface area contributed by atoms with Crippen LogP contribution in [0.25, 0.3) is 0 Å². The number of nitrogens with one attached hydrogen (secondary N) is 1. The molecule has 25 heavy (non-hydrogen) atoms. The fraction of sp³-hybridized carbons (Fsp3) is 0.588. The van der Waals surface area contributed by atoms with Crippen LogP contribution in [0, 0.1) is 0 Å². The maximum atomic E-state index is 12.6. The first kappa shape index (κ1) is 18.0. The van der Waals surface area contributed by atoms with E-state index in [1.807, 2.05) is 0 Å². The van der Waals surface area contributed by atoms with Crippen LogP contribution in [0.5, 0.6) is 0 Å². The summed E-state index contributed by atoms with van der Waals surface area (Å²) >= 11 is 0. The Bertz CT molecular complexity index is 578. The molecule has 2 heterocycles. The number of carbonyl (C=O) groups excluding carboxylic acids is 1. The third kappa shape index (κ3) is 4.85. The average molecular weight is 357 g/mol. The van der Waals surface area contributed by atoms with Crippen LogP contribution in [0.1, 0.15) is 17.5 Å². The number of halogens is 3. The summed E-state index contributed by atoms with van der Waals surface area (Å²) in [5.74, 6) is 0. The Kier molecular flexibility index (Phi) is 5.48. The van der Waals surface area contributed by atoms with Crippen molar-refractivity contribution in [1.29, 1.82) is 0 Å². The zero-order valence-corrected chi connectivity index (χ0v) is 13.9. The molecular formula is C17H22F3N3O2. The standard InChI is InChI=1S/C17H22F3N3O2/c18-17(19,20)14-3-1-13(2-4-14)11-22-6-8-23(9-7-22)16(24)21-15-5-10-25-12-15/h1-4,15H,5-12H2,(H,21,24)/t15-/m1/s1. The molecule has 1 atom stereocenters. The second kappa shape index (κ2) is 7.61. The maximum absolute atomic E-state index is 12.6. The van der Waals surface area contributed by atoms with E-state index in [2.05, 4.69) is 10.2 Å². The topological polar surface area (TPSA) is 44.8 Å². The van der Waals surface area contributed by atoms with E-state index in [-0.39, 0.29) is 12.1 Å². The summed E-state index contributed by atoms with van der Waals surface area (Å²) in [6.45, 7) is 4.47. The van der Waals surface area contributed by atoms with Gasteiger partial charge >= 0.3 is 12.2 Å². The van der Waals surface area contributed by atoms with Gasteiger partial charge in [-0.2, -0.15) is 13.2 Å². The van der Waals surface area contributed by atoms with Crippen molar-refractivity contribution in [2.45, 2.75) is 25.2 Å². The van der Waals surface area contributed by atoms with Crippen LogP contribution in [0.15, 0.2) is 24.3 Å². The number of amides is 2. The highest BCUT2D eigenvalue weighted by Gasteiger charge is 2.30. The fourth-order valence-electron chi connectivity index (χ4n) is 3.08. The predicted octanol–water partition coefficient (Wildman–Crippen LogP) is 2.32. The third-order valence-corrected chi connectivity index (χ3v) is 4.60. The molecule has 2 fully saturated rings. The molecule has 0 unspecified atom stereocenters. The lowest BCUT2D eigenvalue weighted by molar-refractivity contribution is -0.137. The molecule has 2 aliphatic rings. The lowest BCUT2D eigenvalue weighted by atomic mass is 10.1. The SMILES string of the molecule is O=C(N[C@@H]1CCOC1)N1CCN(Cc2ccc(C(F)(F)F)cc2)CC1. The molecule has 0 aliphatic carbocycles. The number of urea groups is 1. The molecule has 0 radical (unpaired) electrons. The number of hydrogen-bond donors (Lipinski definition) is 1. The zero-order valence-electron chi connectivity index (χ0n) is 13.9. The van der Waals surface area contributed by atoms with Crippen molar-refractivity contribution in [2.75, 3.05) is 39.4 Å². The van der Waals surface area contributed by atoms with Crippen molar-refractivity contribution in [1.82, 2.24) is 15.1 Å². The van der Waals surface area contributed by atoms with E-state index in [1.165, 1.54) is 12.1 Å². The van der Waals surface area contributed by atoms with Crippen LogP contribution in [-0.4, -0.2) is 61.3 Å². The number of ether oxygens (including phenoxy) is 1. The van der Waals surface area contributed by atoms with Gasteiger partial charge in [-0.1, -0.05) is 12.1 Å². The van der Waals surface area contributed by atoms with Gasteiger partial charge in [0.05, 0.1) is 18.2 Å². The maximum Gasteiger partial charge on any atom is 0.416 e. The van der Waals surface area contributed by atoms with Crippen molar-refractivity contribution < 1.29 is 22.7 Å². The van der Waals surface area contributed by atoms with Crippen LogP contribution in [-0.2, 0) is 17.5 Å². The molecule has 1 N–H and O–H groups in total. The normalized spacial score (nSPS) is 22.2. The molecule has 2 saturated heterocycles. The molecule has 2 amide bonds. The quantitative estimate of drug-likeness (QED) is 0.903.